The summed E-state index contributed by atoms with van der Waals surface area (Å²) in [4.78, 5) is 11.4. The van der Waals surface area contributed by atoms with Crippen molar-refractivity contribution in [3.8, 4) is 5.75 Å². The van der Waals surface area contributed by atoms with Crippen molar-refractivity contribution >= 4 is 40.8 Å². The molecule has 0 spiro atoms. The summed E-state index contributed by atoms with van der Waals surface area (Å²) in [5.41, 5.74) is 0. The summed E-state index contributed by atoms with van der Waals surface area (Å²) in [5.74, 6) is -0.361. The maximum absolute atomic E-state index is 11.4. The Kier molecular flexibility index (Phi) is 5.56. The highest BCUT2D eigenvalue weighted by Gasteiger charge is 2.09. The molecule has 0 amide bonds. The van der Waals surface area contributed by atoms with E-state index in [1.165, 1.54) is 18.2 Å². The van der Waals surface area contributed by atoms with Crippen LogP contribution in [0.15, 0.2) is 36.4 Å². The van der Waals surface area contributed by atoms with Crippen LogP contribution in [0.3, 0.4) is 0 Å². The van der Waals surface area contributed by atoms with Gasteiger partial charge in [-0.1, -0.05) is 53.0 Å². The van der Waals surface area contributed by atoms with Crippen LogP contribution in [0.2, 0.25) is 15.1 Å². The smallest absolute Gasteiger partial charge is 0.336 e. The molecule has 0 saturated heterocycles. The van der Waals surface area contributed by atoms with E-state index in [0.29, 0.717) is 5.02 Å². The van der Waals surface area contributed by atoms with Gasteiger partial charge in [0.05, 0.1) is 15.1 Å². The van der Waals surface area contributed by atoms with Gasteiger partial charge in [0.15, 0.2) is 5.75 Å². The number of benzene rings is 1. The molecule has 17 heavy (non-hydrogen) atoms. The highest BCUT2D eigenvalue weighted by atomic mass is 35.5. The van der Waals surface area contributed by atoms with E-state index in [2.05, 4.69) is 0 Å². The molecule has 1 aromatic rings. The van der Waals surface area contributed by atoms with Crippen molar-refractivity contribution in [3.05, 3.63) is 51.5 Å². The molecule has 0 saturated carbocycles. The number of rotatable bonds is 3. The van der Waals surface area contributed by atoms with Crippen molar-refractivity contribution in [2.24, 2.45) is 0 Å². The molecule has 1 rings (SSSR count). The third-order valence-corrected chi connectivity index (χ3v) is 2.74. The van der Waals surface area contributed by atoms with E-state index in [4.69, 9.17) is 39.5 Å². The van der Waals surface area contributed by atoms with Crippen LogP contribution >= 0.6 is 34.8 Å². The Balaban J connectivity index is 2.82. The van der Waals surface area contributed by atoms with Crippen molar-refractivity contribution < 1.29 is 9.53 Å². The number of allylic oxidation sites excluding steroid dienone is 3. The molecule has 0 radical (unpaired) electrons. The van der Waals surface area contributed by atoms with Gasteiger partial charge in [0.25, 0.3) is 0 Å². The fourth-order valence-corrected chi connectivity index (χ4v) is 1.55. The summed E-state index contributed by atoms with van der Waals surface area (Å²) in [6.07, 6.45) is 6.33. The average molecular weight is 292 g/mol. The Morgan fingerprint density at radius 2 is 1.76 bits per heavy atom. The van der Waals surface area contributed by atoms with Crippen LogP contribution in [0.4, 0.5) is 0 Å². The standard InChI is InChI=1S/C12H9Cl3O2/c1-2-3-4-5-12(16)17-11-7-9(14)8(13)6-10(11)15/h2-7H,1H3/b3-2+,5-4+. The number of ether oxygens (including phenoxy) is 1. The molecule has 2 nitrogen and oxygen atoms in total. The topological polar surface area (TPSA) is 26.3 Å². The summed E-state index contributed by atoms with van der Waals surface area (Å²) in [5, 5.41) is 0.810. The summed E-state index contributed by atoms with van der Waals surface area (Å²) in [6, 6.07) is 2.82. The number of hydrogen-bond donors (Lipinski definition) is 0. The third kappa shape index (κ3) is 4.43. The van der Waals surface area contributed by atoms with Gasteiger partial charge in [0.1, 0.15) is 0 Å². The normalized spacial score (nSPS) is 11.3. The lowest BCUT2D eigenvalue weighted by Gasteiger charge is -2.05. The van der Waals surface area contributed by atoms with Crippen LogP contribution in [-0.2, 0) is 4.79 Å². The lowest BCUT2D eigenvalue weighted by molar-refractivity contribution is -0.128. The predicted octanol–water partition coefficient (Wildman–Crippen LogP) is 4.68. The number of halogens is 3. The molecule has 0 fully saturated rings. The lowest BCUT2D eigenvalue weighted by Crippen LogP contribution is -2.04. The number of esters is 1. The molecule has 0 atom stereocenters. The van der Waals surface area contributed by atoms with E-state index in [0.717, 1.165) is 0 Å². The van der Waals surface area contributed by atoms with E-state index in [-0.39, 0.29) is 15.8 Å². The molecular weight excluding hydrogens is 282 g/mol. The maximum Gasteiger partial charge on any atom is 0.336 e. The largest absolute Gasteiger partial charge is 0.422 e. The van der Waals surface area contributed by atoms with Crippen LogP contribution in [0, 0.1) is 0 Å². The van der Waals surface area contributed by atoms with Gasteiger partial charge < -0.3 is 4.74 Å². The highest BCUT2D eigenvalue weighted by Crippen LogP contribution is 2.33. The van der Waals surface area contributed by atoms with Crippen LogP contribution in [0.25, 0.3) is 0 Å². The van der Waals surface area contributed by atoms with E-state index >= 15 is 0 Å². The maximum atomic E-state index is 11.4. The zero-order valence-electron chi connectivity index (χ0n) is 8.91. The van der Waals surface area contributed by atoms with Crippen molar-refractivity contribution in [2.75, 3.05) is 0 Å². The van der Waals surface area contributed by atoms with E-state index in [1.807, 2.05) is 6.92 Å². The Morgan fingerprint density at radius 3 is 2.41 bits per heavy atom. The minimum absolute atomic E-state index is 0.177. The molecule has 1 aromatic carbocycles. The molecule has 0 aliphatic heterocycles. The van der Waals surface area contributed by atoms with E-state index in [9.17, 15) is 4.79 Å². The van der Waals surface area contributed by atoms with Gasteiger partial charge >= 0.3 is 5.97 Å². The van der Waals surface area contributed by atoms with Crippen molar-refractivity contribution in [1.82, 2.24) is 0 Å². The molecule has 0 aliphatic rings. The number of carbonyl (C=O) groups is 1. The number of carbonyl (C=O) groups excluding carboxylic acids is 1. The van der Waals surface area contributed by atoms with Crippen LogP contribution in [0.5, 0.6) is 5.75 Å². The average Bonchev–Trinajstić information content (AvgIpc) is 2.26. The molecule has 0 N–H and O–H groups in total. The molecule has 90 valence electrons. The predicted molar refractivity (Wildman–Crippen MR) is 71.1 cm³/mol. The first kappa shape index (κ1) is 14.1. The summed E-state index contributed by atoms with van der Waals surface area (Å²) >= 11 is 17.4. The van der Waals surface area contributed by atoms with E-state index < -0.39 is 5.97 Å². The first-order chi connectivity index (χ1) is 8.04. The third-order valence-electron chi connectivity index (χ3n) is 1.72. The van der Waals surface area contributed by atoms with Gasteiger partial charge in [-0.25, -0.2) is 4.79 Å². The SMILES string of the molecule is C/C=C/C=C/C(=O)Oc1cc(Cl)c(Cl)cc1Cl. The molecule has 5 heteroatoms. The first-order valence-electron chi connectivity index (χ1n) is 4.70. The van der Waals surface area contributed by atoms with Crippen molar-refractivity contribution in [3.63, 3.8) is 0 Å². The molecule has 0 heterocycles. The second-order valence-electron chi connectivity index (χ2n) is 3.00. The van der Waals surface area contributed by atoms with Gasteiger partial charge in [-0.3, -0.25) is 0 Å². The second kappa shape index (κ2) is 6.70. The zero-order chi connectivity index (χ0) is 12.8. The summed E-state index contributed by atoms with van der Waals surface area (Å²) in [7, 11) is 0. The monoisotopic (exact) mass is 290 g/mol. The molecular formula is C12H9Cl3O2. The van der Waals surface area contributed by atoms with Gasteiger partial charge in [-0.05, 0) is 13.0 Å². The quantitative estimate of drug-likeness (QED) is 0.266. The zero-order valence-corrected chi connectivity index (χ0v) is 11.2. The minimum Gasteiger partial charge on any atom is -0.422 e. The summed E-state index contributed by atoms with van der Waals surface area (Å²) in [6.45, 7) is 1.84. The van der Waals surface area contributed by atoms with E-state index in [1.54, 1.807) is 18.2 Å². The Labute approximate surface area is 114 Å². The van der Waals surface area contributed by atoms with Gasteiger partial charge in [0.2, 0.25) is 0 Å². The minimum atomic E-state index is -0.539. The Bertz CT molecular complexity index is 479. The Morgan fingerprint density at radius 1 is 1.12 bits per heavy atom. The lowest BCUT2D eigenvalue weighted by atomic mass is 10.3. The fraction of sp³-hybridized carbons (Fsp3) is 0.0833. The van der Waals surface area contributed by atoms with Crippen LogP contribution in [0.1, 0.15) is 6.92 Å². The van der Waals surface area contributed by atoms with Crippen molar-refractivity contribution in [1.29, 1.82) is 0 Å². The molecule has 0 unspecified atom stereocenters. The fourth-order valence-electron chi connectivity index (χ4n) is 0.970. The number of hydrogen-bond acceptors (Lipinski definition) is 2. The summed E-state index contributed by atoms with van der Waals surface area (Å²) < 4.78 is 4.99. The van der Waals surface area contributed by atoms with Crippen LogP contribution < -0.4 is 4.74 Å². The molecule has 0 aliphatic carbocycles. The van der Waals surface area contributed by atoms with Crippen LogP contribution in [-0.4, -0.2) is 5.97 Å². The van der Waals surface area contributed by atoms with Gasteiger partial charge in [-0.15, -0.1) is 0 Å². The first-order valence-corrected chi connectivity index (χ1v) is 5.83. The molecule has 0 bridgehead atoms. The highest BCUT2D eigenvalue weighted by molar-refractivity contribution is 6.43. The van der Waals surface area contributed by atoms with Gasteiger partial charge in [-0.2, -0.15) is 0 Å². The van der Waals surface area contributed by atoms with Crippen molar-refractivity contribution in [2.45, 2.75) is 6.92 Å². The second-order valence-corrected chi connectivity index (χ2v) is 4.22. The van der Waals surface area contributed by atoms with Gasteiger partial charge in [0, 0.05) is 12.1 Å². The Hall–Kier alpha value is -0.960. The molecule has 0 aromatic heterocycles.